The summed E-state index contributed by atoms with van der Waals surface area (Å²) in [5.74, 6) is -0.532. The molecule has 1 aliphatic rings. The van der Waals surface area contributed by atoms with Crippen LogP contribution in [0.2, 0.25) is 5.02 Å². The maximum Gasteiger partial charge on any atom is 0.288 e. The molecule has 0 unspecified atom stereocenters. The molecule has 0 atom stereocenters. The number of rotatable bonds is 4. The molecule has 3 aromatic rings. The van der Waals surface area contributed by atoms with Gasteiger partial charge >= 0.3 is 0 Å². The van der Waals surface area contributed by atoms with Crippen molar-refractivity contribution >= 4 is 40.5 Å². The van der Waals surface area contributed by atoms with E-state index in [9.17, 15) is 19.7 Å². The number of nitro groups is 1. The number of amides is 2. The van der Waals surface area contributed by atoms with Crippen LogP contribution in [-0.2, 0) is 11.3 Å². The molecule has 31 heavy (non-hydrogen) atoms. The summed E-state index contributed by atoms with van der Waals surface area (Å²) < 4.78 is 0. The van der Waals surface area contributed by atoms with Crippen LogP contribution in [0.3, 0.4) is 0 Å². The van der Waals surface area contributed by atoms with Gasteiger partial charge in [0.2, 0.25) is 5.91 Å². The van der Waals surface area contributed by atoms with Gasteiger partial charge < -0.3 is 9.80 Å². The first-order valence-electron chi connectivity index (χ1n) is 9.65. The molecular formula is C23H18ClN3O4. The average Bonchev–Trinajstić information content (AvgIpc) is 2.91. The SMILES string of the molecule is O=C1CCN(C(=O)c2ccc(Cl)c([N+](=O)[O-])c2)c2ccccc2N1Cc1ccccc1. The second-order valence-electron chi connectivity index (χ2n) is 7.08. The lowest BCUT2D eigenvalue weighted by molar-refractivity contribution is -0.384. The van der Waals surface area contributed by atoms with E-state index in [0.29, 0.717) is 17.9 Å². The molecular weight excluding hydrogens is 418 g/mol. The molecule has 0 saturated carbocycles. The predicted molar refractivity (Wildman–Crippen MR) is 118 cm³/mol. The van der Waals surface area contributed by atoms with E-state index in [2.05, 4.69) is 0 Å². The van der Waals surface area contributed by atoms with Crippen molar-refractivity contribution in [3.05, 3.63) is 99.1 Å². The summed E-state index contributed by atoms with van der Waals surface area (Å²) in [5.41, 5.74) is 1.96. The zero-order chi connectivity index (χ0) is 22.0. The Morgan fingerprint density at radius 1 is 1.00 bits per heavy atom. The first kappa shape index (κ1) is 20.6. The fourth-order valence-electron chi connectivity index (χ4n) is 3.61. The fourth-order valence-corrected chi connectivity index (χ4v) is 3.80. The van der Waals surface area contributed by atoms with Gasteiger partial charge in [-0.1, -0.05) is 54.1 Å². The van der Waals surface area contributed by atoms with Crippen LogP contribution in [0.15, 0.2) is 72.8 Å². The van der Waals surface area contributed by atoms with Gasteiger partial charge in [0, 0.05) is 24.6 Å². The molecule has 7 nitrogen and oxygen atoms in total. The van der Waals surface area contributed by atoms with Crippen LogP contribution >= 0.6 is 11.6 Å². The zero-order valence-electron chi connectivity index (χ0n) is 16.4. The van der Waals surface area contributed by atoms with Gasteiger partial charge in [-0.3, -0.25) is 19.7 Å². The van der Waals surface area contributed by atoms with Crippen LogP contribution in [-0.4, -0.2) is 23.3 Å². The molecule has 0 N–H and O–H groups in total. The predicted octanol–water partition coefficient (Wildman–Crippen LogP) is 4.83. The third kappa shape index (κ3) is 4.13. The Morgan fingerprint density at radius 2 is 1.68 bits per heavy atom. The van der Waals surface area contributed by atoms with E-state index in [1.165, 1.54) is 23.1 Å². The third-order valence-electron chi connectivity index (χ3n) is 5.13. The minimum absolute atomic E-state index is 0.0398. The molecule has 1 aliphatic heterocycles. The number of para-hydroxylation sites is 2. The van der Waals surface area contributed by atoms with Crippen LogP contribution in [0.5, 0.6) is 0 Å². The number of hydrogen-bond acceptors (Lipinski definition) is 4. The third-order valence-corrected chi connectivity index (χ3v) is 5.45. The van der Waals surface area contributed by atoms with Gasteiger partial charge in [-0.2, -0.15) is 0 Å². The van der Waals surface area contributed by atoms with Crippen molar-refractivity contribution < 1.29 is 14.5 Å². The number of carbonyl (C=O) groups excluding carboxylic acids is 2. The van der Waals surface area contributed by atoms with Crippen molar-refractivity contribution in [3.63, 3.8) is 0 Å². The second kappa shape index (κ2) is 8.57. The molecule has 0 fully saturated rings. The average molecular weight is 436 g/mol. The molecule has 3 aromatic carbocycles. The standard InChI is InChI=1S/C23H18ClN3O4/c24-18-11-10-17(14-21(18)27(30)31)23(29)25-13-12-22(28)26(15-16-6-2-1-3-7-16)20-9-5-4-8-19(20)25/h1-11,14H,12-13,15H2. The fraction of sp³-hybridized carbons (Fsp3) is 0.130. The van der Waals surface area contributed by atoms with Gasteiger partial charge in [-0.15, -0.1) is 0 Å². The highest BCUT2D eigenvalue weighted by atomic mass is 35.5. The van der Waals surface area contributed by atoms with Crippen molar-refractivity contribution in [2.75, 3.05) is 16.3 Å². The summed E-state index contributed by atoms with van der Waals surface area (Å²) in [4.78, 5) is 40.0. The Balaban J connectivity index is 1.73. The van der Waals surface area contributed by atoms with E-state index >= 15 is 0 Å². The van der Waals surface area contributed by atoms with Crippen LogP contribution in [0, 0.1) is 10.1 Å². The molecule has 156 valence electrons. The minimum Gasteiger partial charge on any atom is -0.306 e. The Labute approximate surface area is 183 Å². The van der Waals surface area contributed by atoms with Gasteiger partial charge in [0.25, 0.3) is 11.6 Å². The highest BCUT2D eigenvalue weighted by Gasteiger charge is 2.30. The van der Waals surface area contributed by atoms with Crippen molar-refractivity contribution in [1.82, 2.24) is 0 Å². The van der Waals surface area contributed by atoms with Crippen molar-refractivity contribution in [1.29, 1.82) is 0 Å². The maximum atomic E-state index is 13.3. The van der Waals surface area contributed by atoms with Gasteiger partial charge in [0.1, 0.15) is 5.02 Å². The number of benzene rings is 3. The van der Waals surface area contributed by atoms with E-state index in [4.69, 9.17) is 11.6 Å². The summed E-state index contributed by atoms with van der Waals surface area (Å²) in [6.07, 6.45) is 0.128. The van der Waals surface area contributed by atoms with E-state index in [1.807, 2.05) is 36.4 Å². The number of nitro benzene ring substituents is 1. The number of fused-ring (bicyclic) bond motifs is 1. The van der Waals surface area contributed by atoms with Gasteiger partial charge in [0.15, 0.2) is 0 Å². The highest BCUT2D eigenvalue weighted by Crippen LogP contribution is 2.35. The first-order chi connectivity index (χ1) is 15.0. The molecule has 0 aliphatic carbocycles. The van der Waals surface area contributed by atoms with Crippen LogP contribution < -0.4 is 9.80 Å². The van der Waals surface area contributed by atoms with E-state index in [0.717, 1.165) is 5.56 Å². The second-order valence-corrected chi connectivity index (χ2v) is 7.49. The molecule has 1 heterocycles. The van der Waals surface area contributed by atoms with E-state index < -0.39 is 10.8 Å². The summed E-state index contributed by atoms with van der Waals surface area (Å²) in [7, 11) is 0. The molecule has 0 saturated heterocycles. The van der Waals surface area contributed by atoms with Crippen LogP contribution in [0.25, 0.3) is 0 Å². The molecule has 2 amide bonds. The quantitative estimate of drug-likeness (QED) is 0.434. The van der Waals surface area contributed by atoms with Gasteiger partial charge in [0.05, 0.1) is 22.8 Å². The van der Waals surface area contributed by atoms with Gasteiger partial charge in [-0.05, 0) is 29.8 Å². The molecule has 0 aromatic heterocycles. The Kier molecular flexibility index (Phi) is 5.68. The van der Waals surface area contributed by atoms with Gasteiger partial charge in [-0.25, -0.2) is 0 Å². The van der Waals surface area contributed by atoms with Crippen molar-refractivity contribution in [3.8, 4) is 0 Å². The summed E-state index contributed by atoms with van der Waals surface area (Å²) in [6, 6.07) is 20.7. The molecule has 4 rings (SSSR count). The smallest absolute Gasteiger partial charge is 0.288 e. The normalized spacial score (nSPS) is 13.5. The van der Waals surface area contributed by atoms with Crippen molar-refractivity contribution in [2.24, 2.45) is 0 Å². The largest absolute Gasteiger partial charge is 0.306 e. The number of carbonyl (C=O) groups is 2. The van der Waals surface area contributed by atoms with Crippen LogP contribution in [0.4, 0.5) is 17.1 Å². The number of hydrogen-bond donors (Lipinski definition) is 0. The Bertz CT molecular complexity index is 1170. The topological polar surface area (TPSA) is 83.8 Å². The van der Waals surface area contributed by atoms with E-state index in [-0.39, 0.29) is 35.1 Å². The number of nitrogens with zero attached hydrogens (tertiary/aromatic N) is 3. The number of anilines is 2. The number of halogens is 1. The summed E-state index contributed by atoms with van der Waals surface area (Å²) >= 11 is 5.89. The molecule has 0 radical (unpaired) electrons. The summed E-state index contributed by atoms with van der Waals surface area (Å²) in [5, 5.41) is 11.2. The van der Waals surface area contributed by atoms with E-state index in [1.54, 1.807) is 23.1 Å². The Morgan fingerprint density at radius 3 is 2.39 bits per heavy atom. The summed E-state index contributed by atoms with van der Waals surface area (Å²) in [6.45, 7) is 0.543. The minimum atomic E-state index is -0.624. The monoisotopic (exact) mass is 435 g/mol. The maximum absolute atomic E-state index is 13.3. The first-order valence-corrected chi connectivity index (χ1v) is 10.0. The molecule has 0 bridgehead atoms. The lowest BCUT2D eigenvalue weighted by atomic mass is 10.1. The molecule has 0 spiro atoms. The van der Waals surface area contributed by atoms with Crippen molar-refractivity contribution in [2.45, 2.75) is 13.0 Å². The molecule has 8 heteroatoms. The lowest BCUT2D eigenvalue weighted by Crippen LogP contribution is -2.32. The highest BCUT2D eigenvalue weighted by molar-refractivity contribution is 6.32. The Hall–Kier alpha value is -3.71. The zero-order valence-corrected chi connectivity index (χ0v) is 17.2. The lowest BCUT2D eigenvalue weighted by Gasteiger charge is -2.25. The van der Waals surface area contributed by atoms with Crippen LogP contribution in [0.1, 0.15) is 22.3 Å².